The first-order chi connectivity index (χ1) is 5.13. The van der Waals surface area contributed by atoms with Gasteiger partial charge in [0.1, 0.15) is 0 Å². The van der Waals surface area contributed by atoms with Crippen molar-refractivity contribution in [1.82, 2.24) is 0 Å². The molecule has 0 aromatic heterocycles. The van der Waals surface area contributed by atoms with Crippen LogP contribution in [0.2, 0.25) is 0 Å². The molecule has 0 amide bonds. The van der Waals surface area contributed by atoms with Gasteiger partial charge in [0.05, 0.1) is 0 Å². The van der Waals surface area contributed by atoms with Crippen molar-refractivity contribution in [3.63, 3.8) is 0 Å². The second-order valence-electron chi connectivity index (χ2n) is 2.23. The Bertz CT molecular complexity index is 242. The predicted octanol–water partition coefficient (Wildman–Crippen LogP) is -15.5. The first-order valence-corrected chi connectivity index (χ1v) is 6.25. The molecule has 0 aliphatic heterocycles. The summed E-state index contributed by atoms with van der Waals surface area (Å²) in [6.07, 6.45) is -1.56. The van der Waals surface area contributed by atoms with E-state index in [-0.39, 0.29) is 118 Å². The molecule has 0 spiro atoms. The summed E-state index contributed by atoms with van der Waals surface area (Å²) in [6, 6.07) is 0. The van der Waals surface area contributed by atoms with Crippen LogP contribution in [-0.4, -0.2) is 11.9 Å². The third kappa shape index (κ3) is 20.6. The molecule has 0 radical (unpaired) electrons. The normalized spacial score (nSPS) is 12.1. The maximum Gasteiger partial charge on any atom is 1.00 e. The van der Waals surface area contributed by atoms with Gasteiger partial charge in [-0.2, -0.15) is 0 Å². The summed E-state index contributed by atoms with van der Waals surface area (Å²) in [5, 5.41) is 0. The van der Waals surface area contributed by atoms with Gasteiger partial charge in [0.15, 0.2) is 0 Å². The van der Waals surface area contributed by atoms with Crippen molar-refractivity contribution in [2.75, 3.05) is 6.16 Å². The zero-order valence-electron chi connectivity index (χ0n) is 9.91. The monoisotopic (exact) mass is 307 g/mol. The number of hydrogen-bond donors (Lipinski definition) is 1. The number of nitrogens with two attached hydrogens (primary N) is 1. The number of hydrogen-bond acceptors (Lipinski definition) is 7. The van der Waals surface area contributed by atoms with E-state index in [0.29, 0.717) is 0 Å². The Morgan fingerprint density at radius 1 is 0.938 bits per heavy atom. The fourth-order valence-corrected chi connectivity index (χ4v) is 1.69. The van der Waals surface area contributed by atoms with Crippen LogP contribution in [0.5, 0.6) is 0 Å². The van der Waals surface area contributed by atoms with Crippen molar-refractivity contribution in [1.29, 1.82) is 0 Å². The van der Waals surface area contributed by atoms with Gasteiger partial charge in [-0.15, -0.1) is 0 Å². The van der Waals surface area contributed by atoms with Crippen molar-refractivity contribution < 1.29 is 147 Å². The van der Waals surface area contributed by atoms with Crippen molar-refractivity contribution >= 4 is 15.2 Å². The molecule has 1 unspecified atom stereocenters. The van der Waals surface area contributed by atoms with Gasteiger partial charge in [-0.1, -0.05) is 15.2 Å². The molecule has 0 rings (SSSR count). The summed E-state index contributed by atoms with van der Waals surface area (Å²) in [5.41, 5.74) is 4.77. The summed E-state index contributed by atoms with van der Waals surface area (Å²) < 4.78 is 20.1. The average molecular weight is 307 g/mol. The largest absolute Gasteiger partial charge is 1.00 e. The molecular weight excluding hydrogens is 300 g/mol. The molecule has 0 heterocycles. The fourth-order valence-electron chi connectivity index (χ4n) is 0.448. The summed E-state index contributed by atoms with van der Waals surface area (Å²) in [6.45, 7) is 0. The van der Waals surface area contributed by atoms with Crippen LogP contribution in [0.3, 0.4) is 0 Å². The predicted molar refractivity (Wildman–Crippen MR) is 32.7 cm³/mol. The van der Waals surface area contributed by atoms with E-state index >= 15 is 0 Å². The molecule has 13 heteroatoms. The molecular formula is C3H7NNa4O6P2. The van der Waals surface area contributed by atoms with Crippen LogP contribution in [-0.2, 0) is 9.13 Å². The van der Waals surface area contributed by atoms with E-state index < -0.39 is 33.6 Å². The van der Waals surface area contributed by atoms with Crippen molar-refractivity contribution in [2.24, 2.45) is 5.73 Å². The van der Waals surface area contributed by atoms with E-state index in [1.165, 1.54) is 0 Å². The molecule has 0 aliphatic carbocycles. The van der Waals surface area contributed by atoms with Gasteiger partial charge in [-0.25, -0.2) is 0 Å². The van der Waals surface area contributed by atoms with Gasteiger partial charge < -0.3 is 34.4 Å². The molecule has 74 valence electrons. The molecule has 0 aromatic carbocycles. The third-order valence-corrected chi connectivity index (χ3v) is 2.98. The van der Waals surface area contributed by atoms with Crippen LogP contribution in [0, 0.1) is 0 Å². The van der Waals surface area contributed by atoms with Crippen molar-refractivity contribution in [3.05, 3.63) is 0 Å². The van der Waals surface area contributed by atoms with Gasteiger partial charge in [0.25, 0.3) is 0 Å². The summed E-state index contributed by atoms with van der Waals surface area (Å²) in [5.74, 6) is -1.80. The van der Waals surface area contributed by atoms with E-state index in [9.17, 15) is 28.7 Å². The van der Waals surface area contributed by atoms with E-state index in [1.807, 2.05) is 0 Å². The van der Waals surface area contributed by atoms with Crippen molar-refractivity contribution in [3.8, 4) is 0 Å². The second kappa shape index (κ2) is 14.2. The minimum absolute atomic E-state index is 0. The molecule has 0 saturated heterocycles. The molecule has 0 bridgehead atoms. The number of rotatable bonds is 4. The smallest absolute Gasteiger partial charge is 0.811 e. The summed E-state index contributed by atoms with van der Waals surface area (Å²) >= 11 is 0. The van der Waals surface area contributed by atoms with Gasteiger partial charge in [0, 0.05) is 5.78 Å². The summed E-state index contributed by atoms with van der Waals surface area (Å²) in [4.78, 5) is 40.2. The second-order valence-corrected chi connectivity index (χ2v) is 5.64. The molecule has 16 heavy (non-hydrogen) atoms. The Morgan fingerprint density at radius 2 is 1.25 bits per heavy atom. The van der Waals surface area contributed by atoms with Gasteiger partial charge in [-0.3, -0.25) is 0 Å². The molecule has 0 aliphatic rings. The van der Waals surface area contributed by atoms with Gasteiger partial charge >= 0.3 is 118 Å². The Kier molecular flexibility index (Phi) is 28.7. The minimum Gasteiger partial charge on any atom is -0.811 e. The van der Waals surface area contributed by atoms with Gasteiger partial charge in [-0.05, 0) is 12.6 Å². The topological polar surface area (TPSA) is 152 Å². The van der Waals surface area contributed by atoms with Crippen LogP contribution in [0.25, 0.3) is 0 Å². The van der Waals surface area contributed by atoms with Crippen LogP contribution < -0.4 is 144 Å². The Morgan fingerprint density at radius 3 is 1.44 bits per heavy atom. The molecule has 0 aromatic rings. The van der Waals surface area contributed by atoms with E-state index in [1.54, 1.807) is 0 Å². The van der Waals surface area contributed by atoms with Crippen LogP contribution in [0.1, 0.15) is 6.42 Å². The standard InChI is InChI=1S/C3H11NO6P2.4Na/c4-3(12(8,9)10)1-2-11(5,6)7;;;;/h3H,1-2,4H2,(H2,5,6,7)(H2,8,9,10);;;;/q;4*+1/p-4. The van der Waals surface area contributed by atoms with Crippen LogP contribution in [0.4, 0.5) is 0 Å². The Hall–Kier alpha value is 4.26. The quantitative estimate of drug-likeness (QED) is 0.399. The first kappa shape index (κ1) is 32.3. The molecule has 2 N–H and O–H groups in total. The first-order valence-electron chi connectivity index (χ1n) is 2.91. The maximum absolute atomic E-state index is 10.1. The van der Waals surface area contributed by atoms with E-state index in [2.05, 4.69) is 0 Å². The third-order valence-electron chi connectivity index (χ3n) is 1.10. The molecule has 0 saturated carbocycles. The van der Waals surface area contributed by atoms with Crippen LogP contribution in [0.15, 0.2) is 0 Å². The SMILES string of the molecule is NC(CCP(=O)([O-])[O-])P(=O)([O-])[O-].[Na+].[Na+].[Na+].[Na+]. The Labute approximate surface area is 183 Å². The van der Waals surface area contributed by atoms with Crippen molar-refractivity contribution in [2.45, 2.75) is 12.2 Å². The van der Waals surface area contributed by atoms with E-state index in [0.717, 1.165) is 0 Å². The molecule has 7 nitrogen and oxygen atoms in total. The zero-order chi connectivity index (χ0) is 9.99. The summed E-state index contributed by atoms with van der Waals surface area (Å²) in [7, 11) is -9.73. The molecule has 0 fully saturated rings. The fraction of sp³-hybridized carbons (Fsp3) is 1.00. The van der Waals surface area contributed by atoms with Crippen LogP contribution >= 0.6 is 15.2 Å². The molecule has 1 atom stereocenters. The minimum atomic E-state index is -4.96. The van der Waals surface area contributed by atoms with Gasteiger partial charge in [0.2, 0.25) is 0 Å². The maximum atomic E-state index is 10.1. The van der Waals surface area contributed by atoms with E-state index in [4.69, 9.17) is 5.73 Å². The average Bonchev–Trinajstić information content (AvgIpc) is 1.78. The Balaban J connectivity index is -0.000000101. The zero-order valence-corrected chi connectivity index (χ0v) is 19.7.